The van der Waals surface area contributed by atoms with Crippen LogP contribution in [0.4, 0.5) is 0 Å². The van der Waals surface area contributed by atoms with Crippen LogP contribution in [0, 0.1) is 0 Å². The molecule has 0 heterocycles. The SMILES string of the molecule is NC(c1ccccc1Br)C1(O)CC1. The Hall–Kier alpha value is -0.380. The lowest BCUT2D eigenvalue weighted by molar-refractivity contribution is 0.119. The van der Waals surface area contributed by atoms with E-state index in [1.54, 1.807) is 0 Å². The molecule has 1 unspecified atom stereocenters. The van der Waals surface area contributed by atoms with Crippen LogP contribution in [0.5, 0.6) is 0 Å². The summed E-state index contributed by atoms with van der Waals surface area (Å²) in [5.74, 6) is 0. The highest BCUT2D eigenvalue weighted by atomic mass is 79.9. The summed E-state index contributed by atoms with van der Waals surface area (Å²) in [5.41, 5.74) is 6.29. The van der Waals surface area contributed by atoms with Gasteiger partial charge in [0.25, 0.3) is 0 Å². The number of rotatable bonds is 2. The summed E-state index contributed by atoms with van der Waals surface area (Å²) in [5, 5.41) is 9.83. The summed E-state index contributed by atoms with van der Waals surface area (Å²) in [6, 6.07) is 7.51. The second kappa shape index (κ2) is 3.08. The van der Waals surface area contributed by atoms with Gasteiger partial charge in [-0.25, -0.2) is 0 Å². The summed E-state index contributed by atoms with van der Waals surface area (Å²) in [7, 11) is 0. The van der Waals surface area contributed by atoms with E-state index in [0.717, 1.165) is 22.9 Å². The topological polar surface area (TPSA) is 46.2 Å². The minimum absolute atomic E-state index is 0.261. The molecule has 2 nitrogen and oxygen atoms in total. The van der Waals surface area contributed by atoms with Crippen LogP contribution in [0.2, 0.25) is 0 Å². The van der Waals surface area contributed by atoms with Gasteiger partial charge in [0.15, 0.2) is 0 Å². The molecule has 13 heavy (non-hydrogen) atoms. The molecule has 3 heteroatoms. The van der Waals surface area contributed by atoms with Crippen LogP contribution in [0.25, 0.3) is 0 Å². The fourth-order valence-corrected chi connectivity index (χ4v) is 1.99. The van der Waals surface area contributed by atoms with E-state index in [0.29, 0.717) is 0 Å². The van der Waals surface area contributed by atoms with Crippen molar-refractivity contribution in [1.29, 1.82) is 0 Å². The summed E-state index contributed by atoms with van der Waals surface area (Å²) in [6.45, 7) is 0. The van der Waals surface area contributed by atoms with Crippen LogP contribution in [-0.2, 0) is 0 Å². The molecule has 0 saturated heterocycles. The van der Waals surface area contributed by atoms with Gasteiger partial charge in [-0.3, -0.25) is 0 Å². The predicted octanol–water partition coefficient (Wildman–Crippen LogP) is 1.97. The minimum atomic E-state index is -0.649. The molecule has 0 aromatic heterocycles. The third-order valence-corrected chi connectivity index (χ3v) is 3.30. The first-order chi connectivity index (χ1) is 6.13. The van der Waals surface area contributed by atoms with Gasteiger partial charge in [-0.2, -0.15) is 0 Å². The molecule has 3 N–H and O–H groups in total. The lowest BCUT2D eigenvalue weighted by Crippen LogP contribution is -2.27. The van der Waals surface area contributed by atoms with Crippen LogP contribution < -0.4 is 5.73 Å². The molecular formula is C10H12BrNO. The zero-order valence-corrected chi connectivity index (χ0v) is 8.79. The molecule has 1 atom stereocenters. The molecule has 0 aliphatic heterocycles. The van der Waals surface area contributed by atoms with E-state index in [1.165, 1.54) is 0 Å². The van der Waals surface area contributed by atoms with Crippen molar-refractivity contribution in [3.8, 4) is 0 Å². The van der Waals surface area contributed by atoms with Crippen molar-refractivity contribution in [2.24, 2.45) is 5.73 Å². The zero-order chi connectivity index (χ0) is 9.47. The van der Waals surface area contributed by atoms with Gasteiger partial charge in [-0.15, -0.1) is 0 Å². The highest BCUT2D eigenvalue weighted by Gasteiger charge is 2.47. The first kappa shape index (κ1) is 9.19. The molecule has 2 rings (SSSR count). The molecule has 0 bridgehead atoms. The van der Waals surface area contributed by atoms with E-state index < -0.39 is 5.60 Å². The van der Waals surface area contributed by atoms with Crippen molar-refractivity contribution in [3.63, 3.8) is 0 Å². The molecule has 0 spiro atoms. The highest BCUT2D eigenvalue weighted by Crippen LogP contribution is 2.45. The van der Waals surface area contributed by atoms with Gasteiger partial charge in [-0.05, 0) is 24.5 Å². The fourth-order valence-electron chi connectivity index (χ4n) is 1.46. The number of benzene rings is 1. The Bertz CT molecular complexity index is 322. The zero-order valence-electron chi connectivity index (χ0n) is 7.20. The fraction of sp³-hybridized carbons (Fsp3) is 0.400. The monoisotopic (exact) mass is 241 g/mol. The third-order valence-electron chi connectivity index (χ3n) is 2.58. The molecule has 1 aliphatic rings. The van der Waals surface area contributed by atoms with Crippen molar-refractivity contribution < 1.29 is 5.11 Å². The van der Waals surface area contributed by atoms with Crippen molar-refractivity contribution >= 4 is 15.9 Å². The molecule has 1 fully saturated rings. The first-order valence-corrected chi connectivity index (χ1v) is 5.15. The van der Waals surface area contributed by atoms with Crippen molar-refractivity contribution in [2.75, 3.05) is 0 Å². The van der Waals surface area contributed by atoms with Gasteiger partial charge in [0.05, 0.1) is 11.6 Å². The van der Waals surface area contributed by atoms with Crippen molar-refractivity contribution in [1.82, 2.24) is 0 Å². The maximum atomic E-state index is 9.83. The lowest BCUT2D eigenvalue weighted by Gasteiger charge is -2.19. The quantitative estimate of drug-likeness (QED) is 0.832. The van der Waals surface area contributed by atoms with Crippen molar-refractivity contribution in [2.45, 2.75) is 24.5 Å². The number of hydrogen-bond donors (Lipinski definition) is 2. The second-order valence-corrected chi connectivity index (χ2v) is 4.46. The van der Waals surface area contributed by atoms with Gasteiger partial charge in [0, 0.05) is 4.47 Å². The van der Waals surface area contributed by atoms with E-state index in [9.17, 15) is 5.11 Å². The molecule has 1 aliphatic carbocycles. The normalized spacial score (nSPS) is 21.2. The lowest BCUT2D eigenvalue weighted by atomic mass is 10.0. The molecule has 1 saturated carbocycles. The summed E-state index contributed by atoms with van der Waals surface area (Å²) in [6.07, 6.45) is 1.63. The molecular weight excluding hydrogens is 230 g/mol. The predicted molar refractivity (Wildman–Crippen MR) is 55.3 cm³/mol. The maximum absolute atomic E-state index is 9.83. The average Bonchev–Trinajstić information content (AvgIpc) is 2.85. The van der Waals surface area contributed by atoms with Gasteiger partial charge in [0.1, 0.15) is 0 Å². The van der Waals surface area contributed by atoms with Gasteiger partial charge >= 0.3 is 0 Å². The Labute approximate surface area is 85.9 Å². The van der Waals surface area contributed by atoms with E-state index in [2.05, 4.69) is 15.9 Å². The molecule has 1 aromatic rings. The van der Waals surface area contributed by atoms with E-state index >= 15 is 0 Å². The molecule has 0 amide bonds. The summed E-state index contributed by atoms with van der Waals surface area (Å²) < 4.78 is 0.975. The number of aliphatic hydroxyl groups is 1. The number of halogens is 1. The van der Waals surface area contributed by atoms with Gasteiger partial charge in [0.2, 0.25) is 0 Å². The minimum Gasteiger partial charge on any atom is -0.388 e. The van der Waals surface area contributed by atoms with Crippen LogP contribution in [0.15, 0.2) is 28.7 Å². The molecule has 70 valence electrons. The van der Waals surface area contributed by atoms with Crippen LogP contribution in [0.3, 0.4) is 0 Å². The van der Waals surface area contributed by atoms with Crippen molar-refractivity contribution in [3.05, 3.63) is 34.3 Å². The average molecular weight is 242 g/mol. The highest BCUT2D eigenvalue weighted by molar-refractivity contribution is 9.10. The Balaban J connectivity index is 2.30. The van der Waals surface area contributed by atoms with Crippen LogP contribution in [-0.4, -0.2) is 10.7 Å². The Morgan fingerprint density at radius 1 is 1.38 bits per heavy atom. The van der Waals surface area contributed by atoms with Crippen LogP contribution >= 0.6 is 15.9 Å². The third kappa shape index (κ3) is 1.64. The largest absolute Gasteiger partial charge is 0.388 e. The molecule has 1 aromatic carbocycles. The first-order valence-electron chi connectivity index (χ1n) is 4.36. The Morgan fingerprint density at radius 3 is 2.54 bits per heavy atom. The maximum Gasteiger partial charge on any atom is 0.0842 e. The van der Waals surface area contributed by atoms with Gasteiger partial charge < -0.3 is 10.8 Å². The van der Waals surface area contributed by atoms with E-state index in [4.69, 9.17) is 5.73 Å². The molecule has 0 radical (unpaired) electrons. The summed E-state index contributed by atoms with van der Waals surface area (Å²) >= 11 is 3.43. The van der Waals surface area contributed by atoms with Crippen LogP contribution in [0.1, 0.15) is 24.4 Å². The van der Waals surface area contributed by atoms with E-state index in [1.807, 2.05) is 24.3 Å². The Kier molecular flexibility index (Phi) is 2.18. The smallest absolute Gasteiger partial charge is 0.0842 e. The standard InChI is InChI=1S/C10H12BrNO/c11-8-4-2-1-3-7(8)9(12)10(13)5-6-10/h1-4,9,13H,5-6,12H2. The number of nitrogens with two attached hydrogens (primary N) is 1. The number of hydrogen-bond acceptors (Lipinski definition) is 2. The Morgan fingerprint density at radius 2 is 2.00 bits per heavy atom. The summed E-state index contributed by atoms with van der Waals surface area (Å²) in [4.78, 5) is 0. The van der Waals surface area contributed by atoms with E-state index in [-0.39, 0.29) is 6.04 Å². The van der Waals surface area contributed by atoms with Gasteiger partial charge in [-0.1, -0.05) is 34.1 Å². The second-order valence-electron chi connectivity index (χ2n) is 3.60.